The number of ether oxygens (including phenoxy) is 1. The van der Waals surface area contributed by atoms with E-state index in [-0.39, 0.29) is 16.0 Å². The summed E-state index contributed by atoms with van der Waals surface area (Å²) in [5.41, 5.74) is 0.476. The van der Waals surface area contributed by atoms with Crippen LogP contribution in [-0.2, 0) is 4.74 Å². The quantitative estimate of drug-likeness (QED) is 0.416. The average molecular weight is 464 g/mol. The van der Waals surface area contributed by atoms with Crippen molar-refractivity contribution in [2.75, 3.05) is 0 Å². The van der Waals surface area contributed by atoms with Crippen LogP contribution in [0.5, 0.6) is 0 Å². The second-order valence-electron chi connectivity index (χ2n) is 8.59. The van der Waals surface area contributed by atoms with Gasteiger partial charge in [-0.1, -0.05) is 55.7 Å². The van der Waals surface area contributed by atoms with Crippen LogP contribution in [-0.4, -0.2) is 31.6 Å². The van der Waals surface area contributed by atoms with E-state index in [2.05, 4.69) is 77.8 Å². The third kappa shape index (κ3) is 4.96. The van der Waals surface area contributed by atoms with Crippen molar-refractivity contribution in [2.45, 2.75) is 93.2 Å². The van der Waals surface area contributed by atoms with E-state index >= 15 is 0 Å². The van der Waals surface area contributed by atoms with Crippen LogP contribution in [0, 0.1) is 5.92 Å². The Hall–Kier alpha value is 0.360. The highest BCUT2D eigenvalue weighted by molar-refractivity contribution is 9.09. The number of alkyl halides is 2. The highest BCUT2D eigenvalue weighted by Crippen LogP contribution is 2.41. The number of halogens is 2. The molecule has 0 aromatic carbocycles. The summed E-state index contributed by atoms with van der Waals surface area (Å²) in [7, 11) is 0. The van der Waals surface area contributed by atoms with Gasteiger partial charge in [0.05, 0.1) is 16.8 Å². The highest BCUT2D eigenvalue weighted by atomic mass is 79.9. The molecule has 1 saturated carbocycles. The first kappa shape index (κ1) is 20.7. The molecule has 1 heterocycles. The van der Waals surface area contributed by atoms with Crippen molar-refractivity contribution in [1.82, 2.24) is 0 Å². The van der Waals surface area contributed by atoms with Crippen LogP contribution in [0.15, 0.2) is 23.8 Å². The van der Waals surface area contributed by atoms with Gasteiger partial charge in [0.1, 0.15) is 0 Å². The van der Waals surface area contributed by atoms with E-state index in [9.17, 15) is 5.11 Å². The van der Waals surface area contributed by atoms with Crippen LogP contribution in [0.3, 0.4) is 0 Å². The van der Waals surface area contributed by atoms with Gasteiger partial charge < -0.3 is 9.84 Å². The lowest BCUT2D eigenvalue weighted by atomic mass is 9.77. The zero-order valence-corrected chi connectivity index (χ0v) is 18.8. The highest BCUT2D eigenvalue weighted by Gasteiger charge is 2.41. The van der Waals surface area contributed by atoms with Gasteiger partial charge in [0.15, 0.2) is 0 Å². The van der Waals surface area contributed by atoms with Crippen molar-refractivity contribution < 1.29 is 9.84 Å². The molecule has 0 radical (unpaired) electrons. The minimum Gasteiger partial charge on any atom is -0.389 e. The van der Waals surface area contributed by atoms with Crippen molar-refractivity contribution in [2.24, 2.45) is 5.92 Å². The van der Waals surface area contributed by atoms with Gasteiger partial charge in [-0.25, -0.2) is 0 Å². The third-order valence-corrected chi connectivity index (χ3v) is 8.68. The van der Waals surface area contributed by atoms with E-state index in [0.29, 0.717) is 10.7 Å². The second kappa shape index (κ2) is 7.54. The largest absolute Gasteiger partial charge is 0.389 e. The van der Waals surface area contributed by atoms with Crippen molar-refractivity contribution in [1.29, 1.82) is 0 Å². The van der Waals surface area contributed by atoms with Crippen LogP contribution < -0.4 is 0 Å². The second-order valence-corrected chi connectivity index (χ2v) is 10.8. The molecule has 5 unspecified atom stereocenters. The Kier molecular flexibility index (Phi) is 6.49. The molecule has 4 heteroatoms. The molecule has 2 aliphatic rings. The first-order valence-corrected chi connectivity index (χ1v) is 10.8. The number of allylic oxidation sites excluding steroid dienone is 3. The number of aliphatic hydroxyl groups is 1. The summed E-state index contributed by atoms with van der Waals surface area (Å²) >= 11 is 7.39. The lowest BCUT2D eigenvalue weighted by molar-refractivity contribution is -0.134. The first-order valence-electron chi connectivity index (χ1n) is 9.02. The fourth-order valence-corrected chi connectivity index (χ4v) is 4.79. The van der Waals surface area contributed by atoms with Crippen molar-refractivity contribution in [3.8, 4) is 0 Å². The van der Waals surface area contributed by atoms with Gasteiger partial charge in [-0.2, -0.15) is 0 Å². The van der Waals surface area contributed by atoms with E-state index in [1.54, 1.807) is 0 Å². The summed E-state index contributed by atoms with van der Waals surface area (Å²) < 4.78 is 6.34. The molecular formula is C20H32Br2O2. The van der Waals surface area contributed by atoms with Gasteiger partial charge in [0, 0.05) is 9.65 Å². The Labute approximate surface area is 164 Å². The topological polar surface area (TPSA) is 29.5 Å². The fraction of sp³-hybridized carbons (Fsp3) is 0.800. The van der Waals surface area contributed by atoms with Crippen LogP contribution in [0.2, 0.25) is 0 Å². The van der Waals surface area contributed by atoms with Gasteiger partial charge in [0.2, 0.25) is 0 Å². The van der Waals surface area contributed by atoms with Crippen molar-refractivity contribution >= 4 is 31.9 Å². The van der Waals surface area contributed by atoms with Crippen LogP contribution in [0.1, 0.15) is 66.7 Å². The normalized spacial score (nSPS) is 44.0. The van der Waals surface area contributed by atoms with E-state index in [4.69, 9.17) is 4.74 Å². The first-order chi connectivity index (χ1) is 11.0. The van der Waals surface area contributed by atoms with E-state index < -0.39 is 5.60 Å². The summed E-state index contributed by atoms with van der Waals surface area (Å²) in [4.78, 5) is 0.585. The third-order valence-electron chi connectivity index (χ3n) is 5.76. The van der Waals surface area contributed by atoms with Gasteiger partial charge in [-0.05, 0) is 72.6 Å². The molecule has 2 nitrogen and oxygen atoms in total. The Morgan fingerprint density at radius 3 is 2.33 bits per heavy atom. The zero-order valence-electron chi connectivity index (χ0n) is 15.6. The van der Waals surface area contributed by atoms with Gasteiger partial charge >= 0.3 is 0 Å². The zero-order chi connectivity index (χ0) is 18.2. The number of hydrogen-bond donors (Lipinski definition) is 1. The molecular weight excluding hydrogens is 432 g/mol. The van der Waals surface area contributed by atoms with E-state index in [1.165, 1.54) is 5.57 Å². The SMILES string of the molecule is CC(=CC=CC1(C)CCC(Br)C(C)(C)O1)C1CCC(C)(O)C(Br)C1. The summed E-state index contributed by atoms with van der Waals surface area (Å²) in [6.45, 7) is 10.6. The Balaban J connectivity index is 1.98. The minimum absolute atomic E-state index is 0.145. The Morgan fingerprint density at radius 1 is 1.08 bits per heavy atom. The van der Waals surface area contributed by atoms with Gasteiger partial charge in [-0.3, -0.25) is 0 Å². The van der Waals surface area contributed by atoms with Crippen molar-refractivity contribution in [3.05, 3.63) is 23.8 Å². The molecule has 1 N–H and O–H groups in total. The smallest absolute Gasteiger partial charge is 0.0845 e. The summed E-state index contributed by atoms with van der Waals surface area (Å²) in [5, 5.41) is 10.3. The van der Waals surface area contributed by atoms with Gasteiger partial charge in [0.25, 0.3) is 0 Å². The molecule has 0 aromatic heterocycles. The predicted molar refractivity (Wildman–Crippen MR) is 109 cm³/mol. The molecule has 24 heavy (non-hydrogen) atoms. The monoisotopic (exact) mass is 462 g/mol. The molecule has 0 aromatic rings. The Morgan fingerprint density at radius 2 is 1.75 bits per heavy atom. The maximum atomic E-state index is 10.3. The van der Waals surface area contributed by atoms with E-state index in [1.807, 2.05) is 6.92 Å². The molecule has 138 valence electrons. The van der Waals surface area contributed by atoms with Crippen molar-refractivity contribution in [3.63, 3.8) is 0 Å². The van der Waals surface area contributed by atoms with Crippen LogP contribution >= 0.6 is 31.9 Å². The summed E-state index contributed by atoms with van der Waals surface area (Å²) in [5.74, 6) is 0.544. The molecule has 2 fully saturated rings. The molecule has 0 amide bonds. The molecule has 2 rings (SSSR count). The molecule has 1 saturated heterocycles. The molecule has 5 atom stereocenters. The molecule has 0 spiro atoms. The molecule has 1 aliphatic carbocycles. The predicted octanol–water partition coefficient (Wildman–Crippen LogP) is 5.91. The van der Waals surface area contributed by atoms with Crippen LogP contribution in [0.25, 0.3) is 0 Å². The average Bonchev–Trinajstić information content (AvgIpc) is 2.46. The van der Waals surface area contributed by atoms with Gasteiger partial charge in [-0.15, -0.1) is 0 Å². The fourth-order valence-electron chi connectivity index (χ4n) is 3.79. The van der Waals surface area contributed by atoms with E-state index in [0.717, 1.165) is 32.1 Å². The number of hydrogen-bond acceptors (Lipinski definition) is 2. The lowest BCUT2D eigenvalue weighted by Gasteiger charge is -2.45. The molecule has 1 aliphatic heterocycles. The molecule has 0 bridgehead atoms. The summed E-state index contributed by atoms with van der Waals surface area (Å²) in [6, 6.07) is 0. The lowest BCUT2D eigenvalue weighted by Crippen LogP contribution is -2.48. The summed E-state index contributed by atoms with van der Waals surface area (Å²) in [6.07, 6.45) is 11.7. The Bertz CT molecular complexity index is 510. The van der Waals surface area contributed by atoms with Crippen LogP contribution in [0.4, 0.5) is 0 Å². The standard InChI is InChI=1S/C20H32Br2O2/c1-14(15-8-12-20(5,23)17(22)13-15)7-6-10-19(4)11-9-16(21)18(2,3)24-19/h6-7,10,15-17,23H,8-9,11-13H2,1-5H3. The number of rotatable bonds is 3. The minimum atomic E-state index is -0.576. The maximum Gasteiger partial charge on any atom is 0.0845 e. The maximum absolute atomic E-state index is 10.3.